The van der Waals surface area contributed by atoms with Crippen molar-refractivity contribution >= 4 is 33.7 Å². The van der Waals surface area contributed by atoms with Gasteiger partial charge in [0.1, 0.15) is 11.6 Å². The maximum atomic E-state index is 11.7. The van der Waals surface area contributed by atoms with Gasteiger partial charge in [0.25, 0.3) is 0 Å². The molecular weight excluding hydrogens is 340 g/mol. The van der Waals surface area contributed by atoms with Crippen molar-refractivity contribution in [1.82, 2.24) is 0 Å². The Labute approximate surface area is 131 Å². The molecule has 0 saturated carbocycles. The van der Waals surface area contributed by atoms with Crippen LogP contribution in [0.15, 0.2) is 22.7 Å². The molecule has 0 saturated heterocycles. The minimum Gasteiger partial charge on any atom is -0.480 e. The van der Waals surface area contributed by atoms with Crippen molar-refractivity contribution in [1.29, 1.82) is 0 Å². The number of rotatable bonds is 4. The summed E-state index contributed by atoms with van der Waals surface area (Å²) in [5.74, 6) is -1.07. The Bertz CT molecular complexity index is 540. The Hall–Kier alpha value is -1.60. The van der Waals surface area contributed by atoms with Gasteiger partial charge in [-0.25, -0.2) is 4.79 Å². The van der Waals surface area contributed by atoms with Gasteiger partial charge in [-0.3, -0.25) is 10.1 Å². The summed E-state index contributed by atoms with van der Waals surface area (Å²) in [5, 5.41) is 11.4. The number of halogens is 1. The molecule has 1 aromatic rings. The average Bonchev–Trinajstić information content (AvgIpc) is 2.30. The topological polar surface area (TPSA) is 102 Å². The van der Waals surface area contributed by atoms with Crippen molar-refractivity contribution < 1.29 is 19.4 Å². The molecule has 1 amide bonds. The molecule has 1 atom stereocenters. The standard InChI is InChI=1S/C14H19BrN2O4/c1-14(2,3)21-13(20)17-11-7-8(4-5-9(11)15)6-10(16)12(18)19/h4-5,7,10H,6,16H2,1-3H3,(H,17,20)(H,18,19). The number of amides is 1. The number of carbonyl (C=O) groups is 2. The van der Waals surface area contributed by atoms with Gasteiger partial charge >= 0.3 is 12.1 Å². The summed E-state index contributed by atoms with van der Waals surface area (Å²) in [6, 6.07) is 4.14. The van der Waals surface area contributed by atoms with Crippen molar-refractivity contribution in [2.45, 2.75) is 38.8 Å². The number of anilines is 1. The van der Waals surface area contributed by atoms with E-state index in [-0.39, 0.29) is 6.42 Å². The number of benzene rings is 1. The Kier molecular flexibility index (Phi) is 5.74. The van der Waals surface area contributed by atoms with Gasteiger partial charge in [0, 0.05) is 4.47 Å². The lowest BCUT2D eigenvalue weighted by Gasteiger charge is -2.20. The molecule has 1 rings (SSSR count). The highest BCUT2D eigenvalue weighted by atomic mass is 79.9. The van der Waals surface area contributed by atoms with E-state index in [4.69, 9.17) is 15.6 Å². The molecule has 0 aliphatic rings. The van der Waals surface area contributed by atoms with Crippen LogP contribution < -0.4 is 11.1 Å². The smallest absolute Gasteiger partial charge is 0.412 e. The first-order chi connectivity index (χ1) is 9.58. The van der Waals surface area contributed by atoms with E-state index in [1.54, 1.807) is 39.0 Å². The maximum absolute atomic E-state index is 11.7. The number of aliphatic carboxylic acids is 1. The Morgan fingerprint density at radius 2 is 2.05 bits per heavy atom. The molecule has 1 unspecified atom stereocenters. The molecule has 0 aliphatic carbocycles. The number of hydrogen-bond acceptors (Lipinski definition) is 4. The predicted molar refractivity (Wildman–Crippen MR) is 83.3 cm³/mol. The zero-order valence-electron chi connectivity index (χ0n) is 12.1. The lowest BCUT2D eigenvalue weighted by Crippen LogP contribution is -2.32. The van der Waals surface area contributed by atoms with E-state index in [0.717, 1.165) is 0 Å². The highest BCUT2D eigenvalue weighted by Crippen LogP contribution is 2.25. The second-order valence-electron chi connectivity index (χ2n) is 5.59. The lowest BCUT2D eigenvalue weighted by molar-refractivity contribution is -0.138. The second kappa shape index (κ2) is 6.91. The molecule has 0 radical (unpaired) electrons. The summed E-state index contributed by atoms with van der Waals surface area (Å²) in [6.07, 6.45) is -0.408. The summed E-state index contributed by atoms with van der Waals surface area (Å²) in [4.78, 5) is 22.5. The zero-order chi connectivity index (χ0) is 16.2. The highest BCUT2D eigenvalue weighted by Gasteiger charge is 2.18. The summed E-state index contributed by atoms with van der Waals surface area (Å²) < 4.78 is 5.83. The van der Waals surface area contributed by atoms with E-state index in [0.29, 0.717) is 15.7 Å². The van der Waals surface area contributed by atoms with E-state index in [2.05, 4.69) is 21.2 Å². The third-order valence-corrected chi connectivity index (χ3v) is 3.13. The van der Waals surface area contributed by atoms with Gasteiger partial charge in [-0.1, -0.05) is 6.07 Å². The third kappa shape index (κ3) is 6.14. The number of nitrogens with one attached hydrogen (secondary N) is 1. The van der Waals surface area contributed by atoms with Crippen molar-refractivity contribution in [2.75, 3.05) is 5.32 Å². The van der Waals surface area contributed by atoms with E-state index in [1.165, 1.54) is 0 Å². The van der Waals surface area contributed by atoms with Crippen LogP contribution in [0.3, 0.4) is 0 Å². The first kappa shape index (κ1) is 17.5. The molecule has 6 nitrogen and oxygen atoms in total. The molecule has 116 valence electrons. The number of hydrogen-bond donors (Lipinski definition) is 3. The molecule has 7 heteroatoms. The number of ether oxygens (including phenoxy) is 1. The number of nitrogens with two attached hydrogens (primary N) is 1. The molecular formula is C14H19BrN2O4. The van der Waals surface area contributed by atoms with E-state index in [9.17, 15) is 9.59 Å². The van der Waals surface area contributed by atoms with E-state index >= 15 is 0 Å². The predicted octanol–water partition coefficient (Wildman–Crippen LogP) is 2.75. The normalized spacial score (nSPS) is 12.6. The molecule has 0 aromatic heterocycles. The van der Waals surface area contributed by atoms with Crippen molar-refractivity contribution in [3.8, 4) is 0 Å². The molecule has 0 heterocycles. The molecule has 0 spiro atoms. The minimum atomic E-state index is -1.07. The van der Waals surface area contributed by atoms with Crippen molar-refractivity contribution in [2.24, 2.45) is 5.73 Å². The van der Waals surface area contributed by atoms with Gasteiger partial charge in [0.15, 0.2) is 0 Å². The highest BCUT2D eigenvalue weighted by molar-refractivity contribution is 9.10. The third-order valence-electron chi connectivity index (χ3n) is 2.44. The minimum absolute atomic E-state index is 0.172. The monoisotopic (exact) mass is 358 g/mol. The number of carboxylic acid groups (broad SMARTS) is 1. The fraction of sp³-hybridized carbons (Fsp3) is 0.429. The van der Waals surface area contributed by atoms with Gasteiger partial charge in [-0.15, -0.1) is 0 Å². The van der Waals surface area contributed by atoms with Crippen LogP contribution in [0.2, 0.25) is 0 Å². The fourth-order valence-electron chi connectivity index (χ4n) is 1.55. The summed E-state index contributed by atoms with van der Waals surface area (Å²) >= 11 is 3.32. The molecule has 4 N–H and O–H groups in total. The van der Waals surface area contributed by atoms with Crippen LogP contribution in [0.5, 0.6) is 0 Å². The van der Waals surface area contributed by atoms with Crippen LogP contribution in [0, 0.1) is 0 Å². The first-order valence-corrected chi connectivity index (χ1v) is 7.14. The lowest BCUT2D eigenvalue weighted by atomic mass is 10.1. The molecule has 0 fully saturated rings. The van der Waals surface area contributed by atoms with Crippen LogP contribution in [-0.2, 0) is 16.0 Å². The van der Waals surface area contributed by atoms with Gasteiger partial charge < -0.3 is 15.6 Å². The summed E-state index contributed by atoms with van der Waals surface area (Å²) in [5.41, 5.74) is 6.11. The SMILES string of the molecule is CC(C)(C)OC(=O)Nc1cc(CC(N)C(=O)O)ccc1Br. The van der Waals surface area contributed by atoms with Crippen LogP contribution in [0.1, 0.15) is 26.3 Å². The Morgan fingerprint density at radius 1 is 1.43 bits per heavy atom. The number of carboxylic acids is 1. The van der Waals surface area contributed by atoms with Crippen LogP contribution in [0.4, 0.5) is 10.5 Å². The quantitative estimate of drug-likeness (QED) is 0.767. The van der Waals surface area contributed by atoms with Gasteiger partial charge in [-0.2, -0.15) is 0 Å². The zero-order valence-corrected chi connectivity index (χ0v) is 13.7. The van der Waals surface area contributed by atoms with Crippen LogP contribution in [-0.4, -0.2) is 28.8 Å². The Morgan fingerprint density at radius 3 is 2.57 bits per heavy atom. The van der Waals surface area contributed by atoms with Crippen LogP contribution >= 0.6 is 15.9 Å². The second-order valence-corrected chi connectivity index (χ2v) is 6.44. The summed E-state index contributed by atoms with van der Waals surface area (Å²) in [6.45, 7) is 5.30. The molecule has 21 heavy (non-hydrogen) atoms. The van der Waals surface area contributed by atoms with Gasteiger partial charge in [-0.05, 0) is 60.8 Å². The maximum Gasteiger partial charge on any atom is 0.412 e. The van der Waals surface area contributed by atoms with Gasteiger partial charge in [0.2, 0.25) is 0 Å². The van der Waals surface area contributed by atoms with E-state index in [1.807, 2.05) is 0 Å². The molecule has 1 aromatic carbocycles. The van der Waals surface area contributed by atoms with Crippen molar-refractivity contribution in [3.63, 3.8) is 0 Å². The number of carbonyl (C=O) groups excluding carboxylic acids is 1. The molecule has 0 aliphatic heterocycles. The Balaban J connectivity index is 2.83. The molecule has 0 bridgehead atoms. The summed E-state index contributed by atoms with van der Waals surface area (Å²) in [7, 11) is 0. The average molecular weight is 359 g/mol. The van der Waals surface area contributed by atoms with E-state index < -0.39 is 23.7 Å². The first-order valence-electron chi connectivity index (χ1n) is 6.35. The fourth-order valence-corrected chi connectivity index (χ4v) is 1.90. The van der Waals surface area contributed by atoms with Crippen molar-refractivity contribution in [3.05, 3.63) is 28.2 Å². The van der Waals surface area contributed by atoms with Crippen LogP contribution in [0.25, 0.3) is 0 Å². The largest absolute Gasteiger partial charge is 0.480 e. The van der Waals surface area contributed by atoms with Gasteiger partial charge in [0.05, 0.1) is 5.69 Å².